The summed E-state index contributed by atoms with van der Waals surface area (Å²) in [4.78, 5) is 12.4. The van der Waals surface area contributed by atoms with Gasteiger partial charge in [0.2, 0.25) is 10.0 Å². The van der Waals surface area contributed by atoms with E-state index in [1.54, 1.807) is 19.1 Å². The van der Waals surface area contributed by atoms with E-state index >= 15 is 0 Å². The summed E-state index contributed by atoms with van der Waals surface area (Å²) >= 11 is 1.45. The van der Waals surface area contributed by atoms with Crippen LogP contribution in [0.3, 0.4) is 0 Å². The zero-order valence-corrected chi connectivity index (χ0v) is 15.0. The van der Waals surface area contributed by atoms with Crippen LogP contribution >= 0.6 is 11.3 Å². The lowest BCUT2D eigenvalue weighted by Crippen LogP contribution is -2.34. The molecule has 130 valence electrons. The molecule has 0 bridgehead atoms. The van der Waals surface area contributed by atoms with Crippen molar-refractivity contribution in [2.24, 2.45) is 5.92 Å². The summed E-state index contributed by atoms with van der Waals surface area (Å²) in [6.07, 6.45) is 0.289. The van der Waals surface area contributed by atoms with Crippen molar-refractivity contribution in [1.82, 2.24) is 4.72 Å². The predicted octanol–water partition coefficient (Wildman–Crippen LogP) is 2.29. The summed E-state index contributed by atoms with van der Waals surface area (Å²) in [6, 6.07) is 8.30. The minimum atomic E-state index is -3.79. The zero-order chi connectivity index (χ0) is 17.7. The van der Waals surface area contributed by atoms with E-state index in [4.69, 9.17) is 4.74 Å². The number of hydrogen-bond donors (Lipinski definition) is 2. The highest BCUT2D eigenvalue weighted by molar-refractivity contribution is 7.89. The molecule has 2 aromatic rings. The smallest absolute Gasteiger partial charge is 0.308 e. The normalized spacial score (nSPS) is 12.8. The van der Waals surface area contributed by atoms with Gasteiger partial charge >= 0.3 is 5.97 Å². The quantitative estimate of drug-likeness (QED) is 0.745. The van der Waals surface area contributed by atoms with Crippen LogP contribution in [0.2, 0.25) is 0 Å². The summed E-state index contributed by atoms with van der Waals surface area (Å²) in [5.74, 6) is -1.29. The van der Waals surface area contributed by atoms with Crippen LogP contribution < -0.4 is 9.46 Å². The Bertz CT molecular complexity index is 800. The van der Waals surface area contributed by atoms with Crippen LogP contribution in [0.4, 0.5) is 0 Å². The lowest BCUT2D eigenvalue weighted by molar-refractivity contribution is -0.141. The van der Waals surface area contributed by atoms with Crippen molar-refractivity contribution >= 4 is 27.3 Å². The highest BCUT2D eigenvalue weighted by Gasteiger charge is 2.23. The maximum atomic E-state index is 12.4. The number of aryl methyl sites for hydroxylation is 1. The van der Waals surface area contributed by atoms with Crippen molar-refractivity contribution in [3.05, 3.63) is 46.2 Å². The molecule has 0 aliphatic carbocycles. The average Bonchev–Trinajstić information content (AvgIpc) is 3.03. The number of aliphatic carboxylic acids is 1. The minimum absolute atomic E-state index is 0.114. The van der Waals surface area contributed by atoms with Crippen LogP contribution in [0.1, 0.15) is 10.4 Å². The summed E-state index contributed by atoms with van der Waals surface area (Å²) in [6.45, 7) is 1.50. The molecule has 8 heteroatoms. The number of thiophene rings is 1. The molecular weight excluding hydrogens is 350 g/mol. The molecule has 1 aromatic carbocycles. The number of sulfonamides is 1. The fourth-order valence-electron chi connectivity index (χ4n) is 2.26. The Labute approximate surface area is 145 Å². The van der Waals surface area contributed by atoms with E-state index in [1.165, 1.54) is 24.5 Å². The number of benzene rings is 1. The standard InChI is InChI=1S/C16H19NO5S2/c1-11-8-13(22-2)5-6-15(11)24(20,21)17-10-12(16(18)19)9-14-4-3-7-23-14/h3-8,12,17H,9-10H2,1-2H3,(H,18,19). The van der Waals surface area contributed by atoms with Crippen molar-refractivity contribution in [2.75, 3.05) is 13.7 Å². The van der Waals surface area contributed by atoms with E-state index in [2.05, 4.69) is 4.72 Å². The van der Waals surface area contributed by atoms with Crippen LogP contribution in [0.25, 0.3) is 0 Å². The van der Waals surface area contributed by atoms with E-state index in [1.807, 2.05) is 17.5 Å². The number of hydrogen-bond acceptors (Lipinski definition) is 5. The first-order valence-electron chi connectivity index (χ1n) is 7.23. The largest absolute Gasteiger partial charge is 0.497 e. The highest BCUT2D eigenvalue weighted by atomic mass is 32.2. The predicted molar refractivity (Wildman–Crippen MR) is 92.1 cm³/mol. The third-order valence-electron chi connectivity index (χ3n) is 3.57. The zero-order valence-electron chi connectivity index (χ0n) is 13.4. The fourth-order valence-corrected chi connectivity index (χ4v) is 4.35. The first-order valence-corrected chi connectivity index (χ1v) is 9.59. The number of ether oxygens (including phenoxy) is 1. The lowest BCUT2D eigenvalue weighted by Gasteiger charge is -2.14. The maximum Gasteiger partial charge on any atom is 0.308 e. The van der Waals surface area contributed by atoms with Gasteiger partial charge in [0.1, 0.15) is 5.75 Å². The molecule has 0 saturated carbocycles. The van der Waals surface area contributed by atoms with Gasteiger partial charge in [-0.2, -0.15) is 0 Å². The third-order valence-corrected chi connectivity index (χ3v) is 6.05. The SMILES string of the molecule is COc1ccc(S(=O)(=O)NCC(Cc2cccs2)C(=O)O)c(C)c1. The van der Waals surface area contributed by atoms with E-state index in [9.17, 15) is 18.3 Å². The van der Waals surface area contributed by atoms with Crippen LogP contribution in [0.15, 0.2) is 40.6 Å². The second kappa shape index (κ2) is 7.78. The van der Waals surface area contributed by atoms with Crippen molar-refractivity contribution in [2.45, 2.75) is 18.2 Å². The van der Waals surface area contributed by atoms with Crippen LogP contribution in [0.5, 0.6) is 5.75 Å². The maximum absolute atomic E-state index is 12.4. The molecule has 0 spiro atoms. The number of nitrogens with one attached hydrogen (secondary N) is 1. The molecule has 1 aromatic heterocycles. The molecule has 0 saturated heterocycles. The van der Waals surface area contributed by atoms with Crippen LogP contribution in [-0.2, 0) is 21.2 Å². The van der Waals surface area contributed by atoms with Gasteiger partial charge in [-0.1, -0.05) is 6.07 Å². The van der Waals surface area contributed by atoms with E-state index in [0.717, 1.165) is 4.88 Å². The van der Waals surface area contributed by atoms with E-state index in [0.29, 0.717) is 11.3 Å². The number of rotatable bonds is 8. The fraction of sp³-hybridized carbons (Fsp3) is 0.312. The van der Waals surface area contributed by atoms with Gasteiger partial charge in [-0.05, 0) is 48.6 Å². The Morgan fingerprint density at radius 3 is 2.67 bits per heavy atom. The molecule has 6 nitrogen and oxygen atoms in total. The van der Waals surface area contributed by atoms with Gasteiger partial charge in [0.25, 0.3) is 0 Å². The van der Waals surface area contributed by atoms with E-state index < -0.39 is 21.9 Å². The third kappa shape index (κ3) is 4.56. The molecule has 2 N–H and O–H groups in total. The minimum Gasteiger partial charge on any atom is -0.497 e. The van der Waals surface area contributed by atoms with Gasteiger partial charge < -0.3 is 9.84 Å². The molecule has 1 unspecified atom stereocenters. The molecule has 0 radical (unpaired) electrons. The monoisotopic (exact) mass is 369 g/mol. The second-order valence-electron chi connectivity index (χ2n) is 5.30. The second-order valence-corrected chi connectivity index (χ2v) is 8.07. The van der Waals surface area contributed by atoms with Gasteiger partial charge in [0.15, 0.2) is 0 Å². The topological polar surface area (TPSA) is 92.7 Å². The number of methoxy groups -OCH3 is 1. The number of carboxylic acids is 1. The van der Waals surface area contributed by atoms with Crippen LogP contribution in [0, 0.1) is 12.8 Å². The lowest BCUT2D eigenvalue weighted by atomic mass is 10.1. The molecule has 1 heterocycles. The Morgan fingerprint density at radius 1 is 1.38 bits per heavy atom. The van der Waals surface area contributed by atoms with Crippen molar-refractivity contribution < 1.29 is 23.1 Å². The van der Waals surface area contributed by atoms with Gasteiger partial charge in [0.05, 0.1) is 17.9 Å². The van der Waals surface area contributed by atoms with Crippen LogP contribution in [-0.4, -0.2) is 33.1 Å². The Hall–Kier alpha value is -1.90. The Morgan fingerprint density at radius 2 is 2.12 bits per heavy atom. The van der Waals surface area contributed by atoms with E-state index in [-0.39, 0.29) is 17.9 Å². The summed E-state index contributed by atoms with van der Waals surface area (Å²) < 4.78 is 32.3. The molecule has 1 atom stereocenters. The summed E-state index contributed by atoms with van der Waals surface area (Å²) in [5.41, 5.74) is 0.534. The Kier molecular flexibility index (Phi) is 5.98. The highest BCUT2D eigenvalue weighted by Crippen LogP contribution is 2.21. The summed E-state index contributed by atoms with van der Waals surface area (Å²) in [5, 5.41) is 11.2. The van der Waals surface area contributed by atoms with Gasteiger partial charge in [0, 0.05) is 11.4 Å². The molecule has 2 rings (SSSR count). The molecule has 24 heavy (non-hydrogen) atoms. The van der Waals surface area contributed by atoms with Crippen molar-refractivity contribution in [3.63, 3.8) is 0 Å². The van der Waals surface area contributed by atoms with Gasteiger partial charge in [-0.25, -0.2) is 13.1 Å². The van der Waals surface area contributed by atoms with Gasteiger partial charge in [-0.3, -0.25) is 4.79 Å². The van der Waals surface area contributed by atoms with Crippen molar-refractivity contribution in [3.8, 4) is 5.75 Å². The summed E-state index contributed by atoms with van der Waals surface area (Å²) in [7, 11) is -2.29. The first kappa shape index (κ1) is 18.4. The number of carboxylic acid groups (broad SMARTS) is 1. The average molecular weight is 369 g/mol. The molecule has 0 aliphatic rings. The molecule has 0 amide bonds. The Balaban J connectivity index is 2.11. The van der Waals surface area contributed by atoms with Gasteiger partial charge in [-0.15, -0.1) is 11.3 Å². The molecular formula is C16H19NO5S2. The van der Waals surface area contributed by atoms with Crippen molar-refractivity contribution in [1.29, 1.82) is 0 Å². The number of carbonyl (C=O) groups is 1. The molecule has 0 fully saturated rings. The molecule has 0 aliphatic heterocycles. The first-order chi connectivity index (χ1) is 11.3.